The van der Waals surface area contributed by atoms with Gasteiger partial charge in [0.1, 0.15) is 0 Å². The van der Waals surface area contributed by atoms with Crippen LogP contribution in [0.1, 0.15) is 31.9 Å². The molecule has 3 heteroatoms. The number of benzene rings is 1. The van der Waals surface area contributed by atoms with E-state index in [1.165, 1.54) is 35.9 Å². The average Bonchev–Trinajstić information content (AvgIpc) is 3.04. The molecule has 1 heterocycles. The van der Waals surface area contributed by atoms with Crippen LogP contribution in [0, 0.1) is 11.8 Å². The van der Waals surface area contributed by atoms with Crippen LogP contribution in [0.4, 0.5) is 0 Å². The highest BCUT2D eigenvalue weighted by atomic mass is 15.3. The Morgan fingerprint density at radius 3 is 2.84 bits per heavy atom. The van der Waals surface area contributed by atoms with Crippen LogP contribution in [0.3, 0.4) is 0 Å². The summed E-state index contributed by atoms with van der Waals surface area (Å²) in [6, 6.07) is 8.58. The smallest absolute Gasteiger partial charge is 0.0706 e. The average molecular weight is 257 g/mol. The molecule has 2 unspecified atom stereocenters. The number of fused-ring (bicyclic) bond motifs is 1. The third-order valence-electron chi connectivity index (χ3n) is 4.61. The monoisotopic (exact) mass is 257 g/mol. The molecule has 1 saturated carbocycles. The predicted octanol–water partition coefficient (Wildman–Crippen LogP) is 2.97. The van der Waals surface area contributed by atoms with Crippen LogP contribution in [0.5, 0.6) is 0 Å². The SMILES string of the molecule is CCn1nc(CC2CCCC2CN)c2ccccc21. The van der Waals surface area contributed by atoms with Gasteiger partial charge in [0.15, 0.2) is 0 Å². The van der Waals surface area contributed by atoms with Gasteiger partial charge in [0.05, 0.1) is 11.2 Å². The molecule has 0 radical (unpaired) electrons. The Balaban J connectivity index is 1.92. The highest BCUT2D eigenvalue weighted by Crippen LogP contribution is 2.34. The summed E-state index contributed by atoms with van der Waals surface area (Å²) in [4.78, 5) is 0. The first kappa shape index (κ1) is 12.7. The van der Waals surface area contributed by atoms with E-state index >= 15 is 0 Å². The molecule has 0 amide bonds. The number of aryl methyl sites for hydroxylation is 1. The zero-order chi connectivity index (χ0) is 13.2. The number of hydrogen-bond acceptors (Lipinski definition) is 2. The summed E-state index contributed by atoms with van der Waals surface area (Å²) in [5, 5.41) is 6.14. The Kier molecular flexibility index (Phi) is 3.56. The van der Waals surface area contributed by atoms with E-state index in [2.05, 4.69) is 35.9 Å². The zero-order valence-corrected chi connectivity index (χ0v) is 11.7. The number of hydrogen-bond donors (Lipinski definition) is 1. The summed E-state index contributed by atoms with van der Waals surface area (Å²) in [6.45, 7) is 3.92. The van der Waals surface area contributed by atoms with Crippen LogP contribution in [-0.2, 0) is 13.0 Å². The van der Waals surface area contributed by atoms with Crippen molar-refractivity contribution < 1.29 is 0 Å². The van der Waals surface area contributed by atoms with Crippen molar-refractivity contribution in [3.05, 3.63) is 30.0 Å². The van der Waals surface area contributed by atoms with E-state index in [-0.39, 0.29) is 0 Å². The molecule has 102 valence electrons. The van der Waals surface area contributed by atoms with Gasteiger partial charge in [-0.2, -0.15) is 5.10 Å². The van der Waals surface area contributed by atoms with Crippen LogP contribution >= 0.6 is 0 Å². The fourth-order valence-electron chi connectivity index (χ4n) is 3.53. The van der Waals surface area contributed by atoms with Gasteiger partial charge in [-0.25, -0.2) is 0 Å². The maximum Gasteiger partial charge on any atom is 0.0706 e. The molecule has 2 N–H and O–H groups in total. The van der Waals surface area contributed by atoms with E-state index in [1.807, 2.05) is 0 Å². The summed E-state index contributed by atoms with van der Waals surface area (Å²) in [5.74, 6) is 1.43. The normalized spacial score (nSPS) is 23.3. The second kappa shape index (κ2) is 5.33. The van der Waals surface area contributed by atoms with Gasteiger partial charge in [-0.1, -0.05) is 24.6 Å². The van der Waals surface area contributed by atoms with Crippen molar-refractivity contribution in [3.8, 4) is 0 Å². The van der Waals surface area contributed by atoms with Gasteiger partial charge in [-0.3, -0.25) is 4.68 Å². The topological polar surface area (TPSA) is 43.8 Å². The van der Waals surface area contributed by atoms with Crippen molar-refractivity contribution in [1.82, 2.24) is 9.78 Å². The van der Waals surface area contributed by atoms with Gasteiger partial charge in [0.25, 0.3) is 0 Å². The minimum absolute atomic E-state index is 0.700. The Morgan fingerprint density at radius 1 is 1.26 bits per heavy atom. The number of aromatic nitrogens is 2. The van der Waals surface area contributed by atoms with E-state index in [1.54, 1.807) is 0 Å². The molecule has 0 aliphatic heterocycles. The summed E-state index contributed by atoms with van der Waals surface area (Å²) < 4.78 is 2.12. The molecule has 2 aromatic rings. The highest BCUT2D eigenvalue weighted by molar-refractivity contribution is 5.81. The summed E-state index contributed by atoms with van der Waals surface area (Å²) >= 11 is 0. The van der Waals surface area contributed by atoms with Crippen LogP contribution in [0.15, 0.2) is 24.3 Å². The van der Waals surface area contributed by atoms with Gasteiger partial charge in [0, 0.05) is 11.9 Å². The Labute approximate surface area is 114 Å². The number of para-hydroxylation sites is 1. The molecule has 19 heavy (non-hydrogen) atoms. The van der Waals surface area contributed by atoms with Gasteiger partial charge in [0.2, 0.25) is 0 Å². The first-order valence-corrected chi connectivity index (χ1v) is 7.48. The van der Waals surface area contributed by atoms with Crippen LogP contribution < -0.4 is 5.73 Å². The van der Waals surface area contributed by atoms with Crippen LogP contribution in [0.2, 0.25) is 0 Å². The molecule has 0 spiro atoms. The standard InChI is InChI=1S/C16H23N3/c1-2-19-16-9-4-3-8-14(16)15(18-19)10-12-6-5-7-13(12)11-17/h3-4,8-9,12-13H,2,5-7,10-11,17H2,1H3. The van der Waals surface area contributed by atoms with Gasteiger partial charge in [-0.05, 0) is 50.6 Å². The largest absolute Gasteiger partial charge is 0.330 e. The summed E-state index contributed by atoms with van der Waals surface area (Å²) in [6.07, 6.45) is 5.04. The zero-order valence-electron chi connectivity index (χ0n) is 11.7. The lowest BCUT2D eigenvalue weighted by Crippen LogP contribution is -2.20. The highest BCUT2D eigenvalue weighted by Gasteiger charge is 2.27. The van der Waals surface area contributed by atoms with Gasteiger partial charge < -0.3 is 5.73 Å². The lowest BCUT2D eigenvalue weighted by Gasteiger charge is -2.16. The molecule has 3 nitrogen and oxygen atoms in total. The molecule has 0 saturated heterocycles. The lowest BCUT2D eigenvalue weighted by atomic mass is 9.91. The van der Waals surface area contributed by atoms with E-state index in [0.29, 0.717) is 5.92 Å². The van der Waals surface area contributed by atoms with Crippen molar-refractivity contribution in [2.45, 2.75) is 39.2 Å². The first-order chi connectivity index (χ1) is 9.33. The second-order valence-electron chi connectivity index (χ2n) is 5.67. The maximum absolute atomic E-state index is 5.90. The van der Waals surface area contributed by atoms with Crippen molar-refractivity contribution in [2.24, 2.45) is 17.6 Å². The van der Waals surface area contributed by atoms with E-state index < -0.39 is 0 Å². The quantitative estimate of drug-likeness (QED) is 0.915. The first-order valence-electron chi connectivity index (χ1n) is 7.48. The molecule has 3 rings (SSSR count). The van der Waals surface area contributed by atoms with E-state index in [4.69, 9.17) is 10.8 Å². The van der Waals surface area contributed by atoms with Crippen molar-refractivity contribution >= 4 is 10.9 Å². The summed E-state index contributed by atoms with van der Waals surface area (Å²) in [5.41, 5.74) is 8.43. The minimum Gasteiger partial charge on any atom is -0.330 e. The van der Waals surface area contributed by atoms with Gasteiger partial charge in [-0.15, -0.1) is 0 Å². The second-order valence-corrected chi connectivity index (χ2v) is 5.67. The molecule has 2 atom stereocenters. The third kappa shape index (κ3) is 2.27. The number of nitrogens with two attached hydrogens (primary N) is 1. The molecule has 1 aromatic heterocycles. The molecule has 1 aliphatic rings. The molecule has 1 aliphatic carbocycles. The molecule has 0 bridgehead atoms. The fraction of sp³-hybridized carbons (Fsp3) is 0.562. The Bertz CT molecular complexity index is 558. The van der Waals surface area contributed by atoms with Crippen LogP contribution in [-0.4, -0.2) is 16.3 Å². The van der Waals surface area contributed by atoms with Gasteiger partial charge >= 0.3 is 0 Å². The summed E-state index contributed by atoms with van der Waals surface area (Å²) in [7, 11) is 0. The van der Waals surface area contributed by atoms with E-state index in [0.717, 1.165) is 25.4 Å². The molecular weight excluding hydrogens is 234 g/mol. The Hall–Kier alpha value is -1.35. The van der Waals surface area contributed by atoms with Crippen LogP contribution in [0.25, 0.3) is 10.9 Å². The molecule has 1 fully saturated rings. The minimum atomic E-state index is 0.700. The fourth-order valence-corrected chi connectivity index (χ4v) is 3.53. The van der Waals surface area contributed by atoms with E-state index in [9.17, 15) is 0 Å². The number of nitrogens with zero attached hydrogens (tertiary/aromatic N) is 2. The molecule has 1 aromatic carbocycles. The number of rotatable bonds is 4. The van der Waals surface area contributed by atoms with Crippen molar-refractivity contribution in [1.29, 1.82) is 0 Å². The maximum atomic E-state index is 5.90. The Morgan fingerprint density at radius 2 is 2.05 bits per heavy atom. The lowest BCUT2D eigenvalue weighted by molar-refractivity contribution is 0.390. The molecular formula is C16H23N3. The van der Waals surface area contributed by atoms with Crippen molar-refractivity contribution in [2.75, 3.05) is 6.54 Å². The van der Waals surface area contributed by atoms with Crippen molar-refractivity contribution in [3.63, 3.8) is 0 Å². The third-order valence-corrected chi connectivity index (χ3v) is 4.61. The predicted molar refractivity (Wildman–Crippen MR) is 79.0 cm³/mol.